The second-order valence-electron chi connectivity index (χ2n) is 6.79. The smallest absolute Gasteiger partial charge is 0.276 e. The number of anilines is 1. The van der Waals surface area contributed by atoms with E-state index in [1.54, 1.807) is 19.1 Å². The van der Waals surface area contributed by atoms with Gasteiger partial charge < -0.3 is 19.7 Å². The van der Waals surface area contributed by atoms with Gasteiger partial charge in [-0.05, 0) is 24.6 Å². The first kappa shape index (κ1) is 20.6. The van der Waals surface area contributed by atoms with E-state index in [0.717, 1.165) is 5.56 Å². The van der Waals surface area contributed by atoms with Crippen molar-refractivity contribution < 1.29 is 23.1 Å². The van der Waals surface area contributed by atoms with Gasteiger partial charge in [0.1, 0.15) is 17.0 Å². The number of carbonyl (C=O) groups excluding carboxylic acids is 1. The van der Waals surface area contributed by atoms with Gasteiger partial charge in [0.2, 0.25) is 10.0 Å². The average Bonchev–Trinajstić information content (AvgIpc) is 2.98. The minimum atomic E-state index is -4.08. The van der Waals surface area contributed by atoms with Crippen LogP contribution in [0.15, 0.2) is 41.9 Å². The first-order valence-corrected chi connectivity index (χ1v) is 10.1. The maximum absolute atomic E-state index is 12.9. The lowest BCUT2D eigenvalue weighted by molar-refractivity contribution is 0.101. The van der Waals surface area contributed by atoms with E-state index < -0.39 is 28.1 Å². The zero-order chi connectivity index (χ0) is 21.4. The molecule has 9 nitrogen and oxygen atoms in total. The molecule has 0 saturated carbocycles. The number of amides is 1. The molecule has 0 spiro atoms. The van der Waals surface area contributed by atoms with E-state index in [-0.39, 0.29) is 22.9 Å². The van der Waals surface area contributed by atoms with Crippen LogP contribution in [0.5, 0.6) is 5.75 Å². The van der Waals surface area contributed by atoms with Crippen molar-refractivity contribution in [2.45, 2.75) is 17.4 Å². The Morgan fingerprint density at radius 3 is 2.90 bits per heavy atom. The Bertz CT molecular complexity index is 1150. The van der Waals surface area contributed by atoms with Crippen molar-refractivity contribution in [2.24, 2.45) is 7.05 Å². The molecule has 1 aliphatic rings. The highest BCUT2D eigenvalue weighted by Crippen LogP contribution is 2.34. The van der Waals surface area contributed by atoms with Gasteiger partial charge >= 0.3 is 0 Å². The Hall–Kier alpha value is -3.13. The minimum Gasteiger partial charge on any atom is -0.487 e. The molecule has 1 atom stereocenters. The number of carbonyl (C=O) groups is 1. The fourth-order valence-electron chi connectivity index (χ4n) is 2.98. The number of sulfonamides is 1. The highest BCUT2D eigenvalue weighted by Gasteiger charge is 2.40. The van der Waals surface area contributed by atoms with E-state index in [0.29, 0.717) is 11.3 Å². The third-order valence-corrected chi connectivity index (χ3v) is 6.25. The summed E-state index contributed by atoms with van der Waals surface area (Å²) in [6.07, 6.45) is 2.52. The molecule has 3 N–H and O–H groups in total. The van der Waals surface area contributed by atoms with Crippen LogP contribution in [0.2, 0.25) is 0 Å². The minimum absolute atomic E-state index is 0.0118. The highest BCUT2D eigenvalue weighted by molar-refractivity contribution is 7.89. The lowest BCUT2D eigenvalue weighted by Crippen LogP contribution is -2.52. The largest absolute Gasteiger partial charge is 0.487 e. The predicted octanol–water partition coefficient (Wildman–Crippen LogP) is 1.05. The molecule has 2 aromatic rings. The van der Waals surface area contributed by atoms with E-state index >= 15 is 0 Å². The van der Waals surface area contributed by atoms with Crippen LogP contribution < -0.4 is 14.8 Å². The molecule has 1 aliphatic heterocycles. The third-order valence-electron chi connectivity index (χ3n) is 4.71. The summed E-state index contributed by atoms with van der Waals surface area (Å²) >= 11 is 0. The summed E-state index contributed by atoms with van der Waals surface area (Å²) in [4.78, 5) is 12.7. The van der Waals surface area contributed by atoms with Crippen LogP contribution in [-0.2, 0) is 17.1 Å². The molecule has 0 aliphatic carbocycles. The average molecular weight is 416 g/mol. The van der Waals surface area contributed by atoms with Crippen LogP contribution in [0, 0.1) is 18.3 Å². The van der Waals surface area contributed by atoms with Gasteiger partial charge in [-0.2, -0.15) is 9.98 Å². The van der Waals surface area contributed by atoms with Crippen molar-refractivity contribution in [2.75, 3.05) is 18.5 Å². The second-order valence-corrected chi connectivity index (χ2v) is 8.44. The summed E-state index contributed by atoms with van der Waals surface area (Å²) in [5, 5.41) is 21.4. The van der Waals surface area contributed by atoms with E-state index in [1.807, 2.05) is 6.07 Å². The quantitative estimate of drug-likeness (QED) is 0.638. The summed E-state index contributed by atoms with van der Waals surface area (Å²) in [7, 11) is -2.57. The Balaban J connectivity index is 2.02. The Kier molecular flexibility index (Phi) is 5.23. The molecule has 10 heteroatoms. The van der Waals surface area contributed by atoms with Gasteiger partial charge in [-0.25, -0.2) is 8.42 Å². The predicted molar refractivity (Wildman–Crippen MR) is 105 cm³/mol. The van der Waals surface area contributed by atoms with Gasteiger partial charge in [0.05, 0.1) is 18.2 Å². The van der Waals surface area contributed by atoms with Gasteiger partial charge in [0.25, 0.3) is 5.91 Å². The molecular formula is C19H20N4O5S. The molecule has 1 aromatic carbocycles. The van der Waals surface area contributed by atoms with E-state index in [1.165, 1.54) is 30.0 Å². The summed E-state index contributed by atoms with van der Waals surface area (Å²) in [6, 6.07) is 6.92. The number of nitrogens with one attached hydrogen (secondary N) is 2. The number of hydrogen-bond acceptors (Lipinski definition) is 6. The van der Waals surface area contributed by atoms with Crippen LogP contribution in [-0.4, -0.2) is 42.8 Å². The van der Waals surface area contributed by atoms with Crippen LogP contribution in [0.25, 0.3) is 0 Å². The van der Waals surface area contributed by atoms with Gasteiger partial charge in [0.15, 0.2) is 11.4 Å². The molecule has 152 valence electrons. The molecule has 0 fully saturated rings. The van der Waals surface area contributed by atoms with Gasteiger partial charge in [-0.3, -0.25) is 4.79 Å². The number of aromatic nitrogens is 1. The van der Waals surface area contributed by atoms with Gasteiger partial charge in [0, 0.05) is 18.9 Å². The topological polar surface area (TPSA) is 133 Å². The lowest BCUT2D eigenvalue weighted by Gasteiger charge is -2.26. The molecule has 1 aromatic heterocycles. The van der Waals surface area contributed by atoms with Crippen LogP contribution in [0.4, 0.5) is 5.69 Å². The molecule has 0 radical (unpaired) electrons. The number of ether oxygens (including phenoxy) is 1. The zero-order valence-electron chi connectivity index (χ0n) is 15.9. The molecule has 1 amide bonds. The summed E-state index contributed by atoms with van der Waals surface area (Å²) < 4.78 is 34.9. The van der Waals surface area contributed by atoms with Crippen molar-refractivity contribution in [3.8, 4) is 11.8 Å². The Morgan fingerprint density at radius 1 is 1.55 bits per heavy atom. The molecule has 0 unspecified atom stereocenters. The number of nitriles is 1. The molecule has 3 rings (SSSR count). The number of aryl methyl sites for hydroxylation is 2. The fraction of sp³-hybridized carbons (Fsp3) is 0.263. The molecular weight excluding hydrogens is 396 g/mol. The second kappa shape index (κ2) is 7.36. The maximum Gasteiger partial charge on any atom is 0.276 e. The van der Waals surface area contributed by atoms with Crippen molar-refractivity contribution in [1.82, 2.24) is 9.29 Å². The number of nitrogens with zero attached hydrogens (tertiary/aromatic N) is 2. The summed E-state index contributed by atoms with van der Waals surface area (Å²) in [6.45, 7) is 4.53. The van der Waals surface area contributed by atoms with E-state index in [2.05, 4.69) is 16.6 Å². The number of hydrogen-bond donors (Lipinski definition) is 3. The maximum atomic E-state index is 12.9. The lowest BCUT2D eigenvalue weighted by atomic mass is 10.0. The fourth-order valence-corrected chi connectivity index (χ4v) is 4.53. The van der Waals surface area contributed by atoms with Crippen molar-refractivity contribution in [1.29, 1.82) is 5.26 Å². The van der Waals surface area contributed by atoms with Gasteiger partial charge in [-0.1, -0.05) is 12.1 Å². The monoisotopic (exact) mass is 416 g/mol. The highest BCUT2D eigenvalue weighted by atomic mass is 32.2. The van der Waals surface area contributed by atoms with Crippen molar-refractivity contribution in [3.05, 3.63) is 53.9 Å². The number of aliphatic hydroxyl groups is 1. The van der Waals surface area contributed by atoms with Crippen LogP contribution in [0.1, 0.15) is 21.6 Å². The first-order valence-electron chi connectivity index (χ1n) is 8.59. The normalized spacial score (nSPS) is 19.9. The Morgan fingerprint density at radius 2 is 2.28 bits per heavy atom. The summed E-state index contributed by atoms with van der Waals surface area (Å²) in [5.74, 6) is -0.728. The summed E-state index contributed by atoms with van der Waals surface area (Å²) in [5.41, 5.74) is 0.147. The SMILES string of the molecule is C=C[C@]1(CO)COc2c(cn(C)c2C(=O)Nc2ccc(C)c(C#N)c2)S(=O)(=O)N1. The molecule has 0 saturated heterocycles. The van der Waals surface area contributed by atoms with E-state index in [9.17, 15) is 18.3 Å². The molecule has 0 bridgehead atoms. The van der Waals surface area contributed by atoms with Crippen LogP contribution >= 0.6 is 0 Å². The van der Waals surface area contributed by atoms with Crippen LogP contribution in [0.3, 0.4) is 0 Å². The number of fused-ring (bicyclic) bond motifs is 1. The van der Waals surface area contributed by atoms with E-state index in [4.69, 9.17) is 10.00 Å². The number of aliphatic hydroxyl groups excluding tert-OH is 1. The first-order chi connectivity index (χ1) is 13.7. The number of rotatable bonds is 4. The Labute approximate surface area is 168 Å². The zero-order valence-corrected chi connectivity index (χ0v) is 16.7. The van der Waals surface area contributed by atoms with Crippen molar-refractivity contribution >= 4 is 21.6 Å². The van der Waals surface area contributed by atoms with Gasteiger partial charge in [-0.15, -0.1) is 6.58 Å². The molecule has 29 heavy (non-hydrogen) atoms. The number of benzene rings is 1. The van der Waals surface area contributed by atoms with Crippen molar-refractivity contribution in [3.63, 3.8) is 0 Å². The standard InChI is InChI=1S/C19H20N4O5S/c1-4-19(10-24)11-28-17-15(29(26,27)22-19)9-23(3)16(17)18(25)21-14-6-5-12(2)13(7-14)8-20/h4-7,9,22,24H,1,10-11H2,2-3H3,(H,21,25)/t19-/m0/s1. The third kappa shape index (κ3) is 3.63. The molecule has 2 heterocycles.